The van der Waals surface area contributed by atoms with Gasteiger partial charge in [0.15, 0.2) is 11.5 Å². The molecule has 1 aromatic rings. The van der Waals surface area contributed by atoms with E-state index in [0.717, 1.165) is 25.0 Å². The molecule has 0 N–H and O–H groups in total. The van der Waals surface area contributed by atoms with Gasteiger partial charge in [0.2, 0.25) is 0 Å². The minimum Gasteiger partial charge on any atom is -0.487 e. The highest BCUT2D eigenvalue weighted by molar-refractivity contribution is 5.92. The van der Waals surface area contributed by atoms with Crippen molar-refractivity contribution in [3.8, 4) is 11.5 Å². The molecule has 28 heavy (non-hydrogen) atoms. The molecule has 0 aliphatic rings. The zero-order valence-corrected chi connectivity index (χ0v) is 17.4. The molecule has 1 rings (SSSR count). The second-order valence-electron chi connectivity index (χ2n) is 7.01. The predicted molar refractivity (Wildman–Crippen MR) is 111 cm³/mol. The van der Waals surface area contributed by atoms with Crippen molar-refractivity contribution < 1.29 is 23.8 Å². The van der Waals surface area contributed by atoms with Crippen LogP contribution in [0.15, 0.2) is 36.4 Å². The quantitative estimate of drug-likeness (QED) is 0.179. The van der Waals surface area contributed by atoms with Gasteiger partial charge in [-0.2, -0.15) is 0 Å². The van der Waals surface area contributed by atoms with Crippen LogP contribution in [0.4, 0.5) is 0 Å². The third-order valence-electron chi connectivity index (χ3n) is 4.02. The molecular formula is C23H34O5. The lowest BCUT2D eigenvalue weighted by atomic mass is 10.1. The standard InChI is InChI=1S/C23H34O5/c1-4-5-6-7-8-9-10-13-18-26-22(24)16-17-23(25)28-21-15-12-11-14-20(21)27-19(2)3/h11-12,14-17,19H,4-10,13,18H2,1-3H3/b17-16+. The van der Waals surface area contributed by atoms with Gasteiger partial charge >= 0.3 is 11.9 Å². The van der Waals surface area contributed by atoms with Crippen molar-refractivity contribution in [2.75, 3.05) is 6.61 Å². The monoisotopic (exact) mass is 390 g/mol. The van der Waals surface area contributed by atoms with E-state index in [1.165, 1.54) is 38.5 Å². The van der Waals surface area contributed by atoms with E-state index >= 15 is 0 Å². The molecule has 0 aromatic heterocycles. The maximum absolute atomic E-state index is 11.9. The van der Waals surface area contributed by atoms with E-state index in [0.29, 0.717) is 18.1 Å². The highest BCUT2D eigenvalue weighted by Crippen LogP contribution is 2.27. The summed E-state index contributed by atoms with van der Waals surface area (Å²) in [7, 11) is 0. The Bertz CT molecular complexity index is 607. The first kappa shape index (κ1) is 23.7. The third-order valence-corrected chi connectivity index (χ3v) is 4.02. The molecule has 0 bridgehead atoms. The lowest BCUT2D eigenvalue weighted by molar-refractivity contribution is -0.138. The molecule has 0 aliphatic heterocycles. The van der Waals surface area contributed by atoms with Crippen molar-refractivity contribution in [3.63, 3.8) is 0 Å². The summed E-state index contributed by atoms with van der Waals surface area (Å²) < 4.78 is 15.9. The van der Waals surface area contributed by atoms with Crippen molar-refractivity contribution >= 4 is 11.9 Å². The summed E-state index contributed by atoms with van der Waals surface area (Å²) in [5.74, 6) is -0.384. The predicted octanol–water partition coefficient (Wildman–Crippen LogP) is 5.62. The van der Waals surface area contributed by atoms with Gasteiger partial charge in [0.25, 0.3) is 0 Å². The average Bonchev–Trinajstić information content (AvgIpc) is 2.66. The van der Waals surface area contributed by atoms with Crippen LogP contribution in [0.25, 0.3) is 0 Å². The Labute approximate surface area is 169 Å². The summed E-state index contributed by atoms with van der Waals surface area (Å²) in [4.78, 5) is 23.6. The summed E-state index contributed by atoms with van der Waals surface area (Å²) in [6, 6.07) is 6.92. The number of hydrogen-bond acceptors (Lipinski definition) is 5. The molecule has 0 unspecified atom stereocenters. The lowest BCUT2D eigenvalue weighted by Gasteiger charge is -2.13. The molecule has 0 atom stereocenters. The SMILES string of the molecule is CCCCCCCCCCOC(=O)/C=C/C(=O)Oc1ccccc1OC(C)C. The number of hydrogen-bond donors (Lipinski definition) is 0. The van der Waals surface area contributed by atoms with Gasteiger partial charge in [0, 0.05) is 12.2 Å². The molecule has 156 valence electrons. The van der Waals surface area contributed by atoms with E-state index in [4.69, 9.17) is 14.2 Å². The number of rotatable bonds is 14. The van der Waals surface area contributed by atoms with Gasteiger partial charge in [-0.25, -0.2) is 9.59 Å². The normalized spacial score (nSPS) is 11.0. The minimum absolute atomic E-state index is 0.0401. The molecule has 0 fully saturated rings. The first-order valence-corrected chi connectivity index (χ1v) is 10.3. The zero-order chi connectivity index (χ0) is 20.6. The van der Waals surface area contributed by atoms with Crippen molar-refractivity contribution in [1.29, 1.82) is 0 Å². The van der Waals surface area contributed by atoms with Crippen LogP contribution < -0.4 is 9.47 Å². The molecule has 0 saturated carbocycles. The van der Waals surface area contributed by atoms with E-state index in [9.17, 15) is 9.59 Å². The largest absolute Gasteiger partial charge is 0.487 e. The van der Waals surface area contributed by atoms with Crippen LogP contribution in [0.1, 0.15) is 72.1 Å². The number of para-hydroxylation sites is 2. The first-order chi connectivity index (χ1) is 13.5. The Morgan fingerprint density at radius 1 is 0.857 bits per heavy atom. The van der Waals surface area contributed by atoms with Crippen LogP contribution >= 0.6 is 0 Å². The van der Waals surface area contributed by atoms with Gasteiger partial charge in [-0.15, -0.1) is 0 Å². The molecule has 1 aromatic carbocycles. The molecule has 0 radical (unpaired) electrons. The van der Waals surface area contributed by atoms with E-state index in [-0.39, 0.29) is 6.10 Å². The van der Waals surface area contributed by atoms with Crippen molar-refractivity contribution in [3.05, 3.63) is 36.4 Å². The van der Waals surface area contributed by atoms with Crippen molar-refractivity contribution in [1.82, 2.24) is 0 Å². The smallest absolute Gasteiger partial charge is 0.336 e. The Morgan fingerprint density at radius 3 is 2.07 bits per heavy atom. The number of carbonyl (C=O) groups is 2. The number of benzene rings is 1. The molecule has 0 amide bonds. The van der Waals surface area contributed by atoms with Crippen molar-refractivity contribution in [2.24, 2.45) is 0 Å². The molecular weight excluding hydrogens is 356 g/mol. The molecule has 5 nitrogen and oxygen atoms in total. The summed E-state index contributed by atoms with van der Waals surface area (Å²) in [6.45, 7) is 6.36. The van der Waals surface area contributed by atoms with E-state index < -0.39 is 11.9 Å². The number of unbranched alkanes of at least 4 members (excludes halogenated alkanes) is 7. The highest BCUT2D eigenvalue weighted by atomic mass is 16.6. The van der Waals surface area contributed by atoms with Crippen LogP contribution in [0.3, 0.4) is 0 Å². The van der Waals surface area contributed by atoms with Gasteiger partial charge in [0.05, 0.1) is 12.7 Å². The van der Waals surface area contributed by atoms with Crippen LogP contribution in [-0.4, -0.2) is 24.6 Å². The van der Waals surface area contributed by atoms with Crippen LogP contribution in [0.5, 0.6) is 11.5 Å². The maximum Gasteiger partial charge on any atom is 0.336 e. The third kappa shape index (κ3) is 11.4. The average molecular weight is 391 g/mol. The molecule has 0 aliphatic carbocycles. The Kier molecular flexibility index (Phi) is 12.5. The van der Waals surface area contributed by atoms with Crippen LogP contribution in [-0.2, 0) is 14.3 Å². The molecule has 5 heteroatoms. The Hall–Kier alpha value is -2.30. The van der Waals surface area contributed by atoms with E-state index in [2.05, 4.69) is 6.92 Å². The van der Waals surface area contributed by atoms with E-state index in [1.54, 1.807) is 24.3 Å². The van der Waals surface area contributed by atoms with Crippen molar-refractivity contribution in [2.45, 2.75) is 78.2 Å². The number of carbonyl (C=O) groups excluding carboxylic acids is 2. The summed E-state index contributed by atoms with van der Waals surface area (Å²) in [5.41, 5.74) is 0. The lowest BCUT2D eigenvalue weighted by Crippen LogP contribution is -2.10. The van der Waals surface area contributed by atoms with Gasteiger partial charge < -0.3 is 14.2 Å². The Balaban J connectivity index is 2.23. The zero-order valence-electron chi connectivity index (χ0n) is 17.4. The van der Waals surface area contributed by atoms with Gasteiger partial charge in [-0.05, 0) is 32.4 Å². The van der Waals surface area contributed by atoms with E-state index in [1.807, 2.05) is 13.8 Å². The van der Waals surface area contributed by atoms with Gasteiger partial charge in [0.1, 0.15) is 0 Å². The van der Waals surface area contributed by atoms with Gasteiger partial charge in [-0.1, -0.05) is 64.0 Å². The van der Waals surface area contributed by atoms with Crippen LogP contribution in [0, 0.1) is 0 Å². The number of esters is 2. The fourth-order valence-corrected chi connectivity index (χ4v) is 2.62. The topological polar surface area (TPSA) is 61.8 Å². The molecule has 0 saturated heterocycles. The molecule has 0 spiro atoms. The fourth-order valence-electron chi connectivity index (χ4n) is 2.62. The fraction of sp³-hybridized carbons (Fsp3) is 0.565. The first-order valence-electron chi connectivity index (χ1n) is 10.3. The van der Waals surface area contributed by atoms with Crippen LogP contribution in [0.2, 0.25) is 0 Å². The highest BCUT2D eigenvalue weighted by Gasteiger charge is 2.09. The second-order valence-corrected chi connectivity index (χ2v) is 7.01. The molecule has 0 heterocycles. The Morgan fingerprint density at radius 2 is 1.43 bits per heavy atom. The summed E-state index contributed by atoms with van der Waals surface area (Å²) in [6.07, 6.45) is 11.6. The summed E-state index contributed by atoms with van der Waals surface area (Å²) in [5, 5.41) is 0. The minimum atomic E-state index is -0.649. The maximum atomic E-state index is 11.9. The summed E-state index contributed by atoms with van der Waals surface area (Å²) >= 11 is 0. The van der Waals surface area contributed by atoms with Gasteiger partial charge in [-0.3, -0.25) is 0 Å². The number of ether oxygens (including phenoxy) is 3. The second kappa shape index (κ2) is 14.7.